The molecule has 0 heterocycles. The molecule has 0 atom stereocenters. The first-order valence-corrected chi connectivity index (χ1v) is 3.16. The fraction of sp³-hybridized carbons (Fsp3) is 0.111. The third-order valence-corrected chi connectivity index (χ3v) is 1.22. The summed E-state index contributed by atoms with van der Waals surface area (Å²) in [4.78, 5) is 3.88. The van der Waals surface area contributed by atoms with Gasteiger partial charge in [0.1, 0.15) is 0 Å². The van der Waals surface area contributed by atoms with E-state index in [4.69, 9.17) is 0 Å². The van der Waals surface area contributed by atoms with Crippen molar-refractivity contribution in [3.8, 4) is 0 Å². The van der Waals surface area contributed by atoms with Crippen LogP contribution in [0, 0.1) is 0 Å². The van der Waals surface area contributed by atoms with Crippen LogP contribution in [0.2, 0.25) is 0 Å². The fourth-order valence-corrected chi connectivity index (χ4v) is 0.731. The van der Waals surface area contributed by atoms with Gasteiger partial charge < -0.3 is 0 Å². The number of rotatable bonds is 2. The molecule has 1 nitrogen and oxygen atoms in total. The van der Waals surface area contributed by atoms with Gasteiger partial charge in [-0.1, -0.05) is 30.3 Å². The molecule has 0 aliphatic rings. The smallest absolute Gasteiger partial charge is 0.0734 e. The minimum absolute atomic E-state index is 0.685. The summed E-state index contributed by atoms with van der Waals surface area (Å²) in [6, 6.07) is 10.0. The molecule has 0 spiro atoms. The molecule has 1 aromatic carbocycles. The lowest BCUT2D eigenvalue weighted by molar-refractivity contribution is 1.08. The maximum Gasteiger partial charge on any atom is 0.0734 e. The van der Waals surface area contributed by atoms with Crippen LogP contribution in [0.4, 0.5) is 0 Å². The third kappa shape index (κ3) is 1.88. The van der Waals surface area contributed by atoms with Gasteiger partial charge in [0.05, 0.1) is 6.54 Å². The molecule has 1 aromatic rings. The predicted molar refractivity (Wildman–Crippen MR) is 43.2 cm³/mol. The van der Waals surface area contributed by atoms with Gasteiger partial charge in [0.15, 0.2) is 0 Å². The van der Waals surface area contributed by atoms with Crippen molar-refractivity contribution < 1.29 is 0 Å². The Bertz CT molecular complexity index is 232. The molecular weight excluding hydrogens is 122 g/mol. The lowest BCUT2D eigenvalue weighted by Crippen LogP contribution is -1.77. The van der Waals surface area contributed by atoms with Crippen molar-refractivity contribution in [2.45, 2.75) is 6.54 Å². The highest BCUT2D eigenvalue weighted by Crippen LogP contribution is 1.98. The molecule has 0 fully saturated rings. The van der Waals surface area contributed by atoms with Gasteiger partial charge in [-0.25, -0.2) is 4.99 Å². The van der Waals surface area contributed by atoms with Crippen LogP contribution in [0.15, 0.2) is 41.9 Å². The van der Waals surface area contributed by atoms with Gasteiger partial charge in [-0.05, 0) is 18.0 Å². The summed E-state index contributed by atoms with van der Waals surface area (Å²) in [7, 11) is 0. The molecule has 0 radical (unpaired) electrons. The first-order chi connectivity index (χ1) is 4.93. The average molecular weight is 131 g/mol. The van der Waals surface area contributed by atoms with Crippen LogP contribution in [0.1, 0.15) is 5.56 Å². The van der Waals surface area contributed by atoms with Crippen molar-refractivity contribution in [3.63, 3.8) is 0 Å². The molecule has 0 amide bonds. The Kier molecular flexibility index (Phi) is 2.48. The number of hydrogen-bond acceptors (Lipinski definition) is 1. The van der Waals surface area contributed by atoms with E-state index in [0.29, 0.717) is 6.54 Å². The van der Waals surface area contributed by atoms with Gasteiger partial charge in [0, 0.05) is 0 Å². The highest BCUT2D eigenvalue weighted by Gasteiger charge is 1.83. The van der Waals surface area contributed by atoms with E-state index in [-0.39, 0.29) is 0 Å². The largest absolute Gasteiger partial charge is 0.239 e. The van der Waals surface area contributed by atoms with E-state index < -0.39 is 0 Å². The Morgan fingerprint density at radius 2 is 2.00 bits per heavy atom. The Hall–Kier alpha value is -1.33. The number of hydrogen-bond donors (Lipinski definition) is 0. The number of benzene rings is 1. The lowest BCUT2D eigenvalue weighted by atomic mass is 10.2. The van der Waals surface area contributed by atoms with Crippen molar-refractivity contribution in [2.75, 3.05) is 0 Å². The molecule has 0 aromatic heterocycles. The zero-order valence-corrected chi connectivity index (χ0v) is 5.75. The second-order valence-electron chi connectivity index (χ2n) is 1.96. The summed E-state index contributed by atoms with van der Waals surface area (Å²) in [6.07, 6.45) is 0. The van der Waals surface area contributed by atoms with Crippen molar-refractivity contribution >= 4 is 5.87 Å². The standard InChI is InChI=1S/C9H9N/c1-2-10-8-9-6-4-3-5-7-9/h3-7H,1,8H2. The van der Waals surface area contributed by atoms with E-state index in [1.807, 2.05) is 30.3 Å². The first-order valence-electron chi connectivity index (χ1n) is 3.16. The Morgan fingerprint density at radius 1 is 1.30 bits per heavy atom. The van der Waals surface area contributed by atoms with Gasteiger partial charge in [-0.3, -0.25) is 0 Å². The maximum absolute atomic E-state index is 3.88. The Labute approximate surface area is 60.7 Å². The molecule has 1 heteroatoms. The zero-order valence-electron chi connectivity index (χ0n) is 5.75. The van der Waals surface area contributed by atoms with Crippen molar-refractivity contribution in [2.24, 2.45) is 4.99 Å². The summed E-state index contributed by atoms with van der Waals surface area (Å²) in [5.74, 6) is 2.49. The fourth-order valence-electron chi connectivity index (χ4n) is 0.731. The molecule has 0 unspecified atom stereocenters. The number of nitrogens with zero attached hydrogens (tertiary/aromatic N) is 1. The molecule has 10 heavy (non-hydrogen) atoms. The maximum atomic E-state index is 3.88. The van der Waals surface area contributed by atoms with Crippen molar-refractivity contribution in [1.82, 2.24) is 0 Å². The second kappa shape index (κ2) is 3.65. The monoisotopic (exact) mass is 131 g/mol. The molecule has 0 N–H and O–H groups in total. The van der Waals surface area contributed by atoms with Gasteiger partial charge in [-0.15, -0.1) is 0 Å². The van der Waals surface area contributed by atoms with Crippen molar-refractivity contribution in [3.05, 3.63) is 42.5 Å². The highest BCUT2D eigenvalue weighted by molar-refractivity contribution is 5.46. The highest BCUT2D eigenvalue weighted by atomic mass is 14.7. The molecular formula is C9H9N. The van der Waals surface area contributed by atoms with Gasteiger partial charge in [0.2, 0.25) is 0 Å². The van der Waals surface area contributed by atoms with Gasteiger partial charge in [0.25, 0.3) is 0 Å². The van der Waals surface area contributed by atoms with Crippen LogP contribution in [-0.4, -0.2) is 5.87 Å². The van der Waals surface area contributed by atoms with E-state index in [2.05, 4.69) is 17.4 Å². The normalized spacial score (nSPS) is 8.40. The SMILES string of the molecule is C=C=NCc1ccccc1. The van der Waals surface area contributed by atoms with Crippen LogP contribution in [0.3, 0.4) is 0 Å². The molecule has 0 saturated heterocycles. The number of aliphatic imine (C=N–C) groups is 1. The molecule has 50 valence electrons. The van der Waals surface area contributed by atoms with E-state index in [1.165, 1.54) is 5.56 Å². The van der Waals surface area contributed by atoms with E-state index >= 15 is 0 Å². The van der Waals surface area contributed by atoms with Crippen molar-refractivity contribution in [1.29, 1.82) is 0 Å². The average Bonchev–Trinajstić information content (AvgIpc) is 2.03. The van der Waals surface area contributed by atoms with Gasteiger partial charge in [-0.2, -0.15) is 0 Å². The topological polar surface area (TPSA) is 12.4 Å². The van der Waals surface area contributed by atoms with Crippen LogP contribution >= 0.6 is 0 Å². The predicted octanol–water partition coefficient (Wildman–Crippen LogP) is 2.04. The van der Waals surface area contributed by atoms with E-state index in [0.717, 1.165) is 0 Å². The molecule has 0 saturated carbocycles. The first kappa shape index (κ1) is 6.79. The van der Waals surface area contributed by atoms with Crippen LogP contribution in [0.5, 0.6) is 0 Å². The van der Waals surface area contributed by atoms with Crippen LogP contribution in [-0.2, 0) is 6.54 Å². The summed E-state index contributed by atoms with van der Waals surface area (Å²) in [5.41, 5.74) is 1.19. The zero-order chi connectivity index (χ0) is 7.23. The molecule has 0 aliphatic heterocycles. The minimum atomic E-state index is 0.685. The summed E-state index contributed by atoms with van der Waals surface area (Å²) in [6.45, 7) is 4.07. The third-order valence-electron chi connectivity index (χ3n) is 1.22. The quantitative estimate of drug-likeness (QED) is 0.545. The lowest BCUT2D eigenvalue weighted by Gasteiger charge is -1.90. The summed E-state index contributed by atoms with van der Waals surface area (Å²) < 4.78 is 0. The Balaban J connectivity index is 2.67. The molecule has 0 aliphatic carbocycles. The van der Waals surface area contributed by atoms with E-state index in [1.54, 1.807) is 0 Å². The minimum Gasteiger partial charge on any atom is -0.239 e. The van der Waals surface area contributed by atoms with Crippen LogP contribution < -0.4 is 0 Å². The van der Waals surface area contributed by atoms with Gasteiger partial charge >= 0.3 is 0 Å². The van der Waals surface area contributed by atoms with E-state index in [9.17, 15) is 0 Å². The summed E-state index contributed by atoms with van der Waals surface area (Å²) in [5, 5.41) is 0. The second-order valence-corrected chi connectivity index (χ2v) is 1.96. The molecule has 1 rings (SSSR count). The summed E-state index contributed by atoms with van der Waals surface area (Å²) >= 11 is 0. The molecule has 0 bridgehead atoms. The van der Waals surface area contributed by atoms with Crippen LogP contribution in [0.25, 0.3) is 0 Å². The Morgan fingerprint density at radius 3 is 2.60 bits per heavy atom.